The highest BCUT2D eigenvalue weighted by Gasteiger charge is 2.17. The second-order valence-corrected chi connectivity index (χ2v) is 7.44. The fraction of sp³-hybridized carbons (Fsp3) is 0.182. The van der Waals surface area contributed by atoms with Gasteiger partial charge < -0.3 is 4.74 Å². The lowest BCUT2D eigenvalue weighted by Gasteiger charge is -2.18. The average molecular weight is 387 g/mol. The zero-order chi connectivity index (χ0) is 18.4. The molecule has 134 valence electrons. The minimum Gasteiger partial charge on any atom is -0.369 e. The van der Waals surface area contributed by atoms with Gasteiger partial charge in [0, 0.05) is 15.7 Å². The van der Waals surface area contributed by atoms with E-state index < -0.39 is 0 Å². The van der Waals surface area contributed by atoms with Gasteiger partial charge in [0.25, 0.3) is 0 Å². The summed E-state index contributed by atoms with van der Waals surface area (Å²) in [5, 5.41) is 0.386. The van der Waals surface area contributed by atoms with E-state index in [0.717, 1.165) is 16.7 Å². The molecule has 0 heterocycles. The molecule has 3 aromatic carbocycles. The number of rotatable bonds is 7. The van der Waals surface area contributed by atoms with Crippen LogP contribution in [0.4, 0.5) is 4.39 Å². The van der Waals surface area contributed by atoms with Crippen molar-refractivity contribution in [1.82, 2.24) is 0 Å². The van der Waals surface area contributed by atoms with Crippen molar-refractivity contribution in [2.75, 3.05) is 0 Å². The molecule has 0 saturated carbocycles. The summed E-state index contributed by atoms with van der Waals surface area (Å²) in [4.78, 5) is 0.596. The van der Waals surface area contributed by atoms with Crippen LogP contribution in [0.15, 0.2) is 77.7 Å². The first-order valence-electron chi connectivity index (χ1n) is 8.44. The third kappa shape index (κ3) is 5.10. The molecule has 26 heavy (non-hydrogen) atoms. The van der Waals surface area contributed by atoms with Gasteiger partial charge in [0.15, 0.2) is 0 Å². The van der Waals surface area contributed by atoms with Crippen LogP contribution in [0.2, 0.25) is 5.02 Å². The van der Waals surface area contributed by atoms with E-state index in [1.54, 1.807) is 6.07 Å². The van der Waals surface area contributed by atoms with Crippen molar-refractivity contribution in [3.8, 4) is 0 Å². The van der Waals surface area contributed by atoms with Crippen LogP contribution in [0, 0.1) is 5.82 Å². The number of ether oxygens (including phenoxy) is 1. The summed E-state index contributed by atoms with van der Waals surface area (Å²) in [7, 11) is 0. The first kappa shape index (κ1) is 19.0. The van der Waals surface area contributed by atoms with Gasteiger partial charge in [-0.25, -0.2) is 4.39 Å². The molecule has 0 radical (unpaired) electrons. The van der Waals surface area contributed by atoms with Crippen molar-refractivity contribution < 1.29 is 9.13 Å². The van der Waals surface area contributed by atoms with Gasteiger partial charge in [-0.1, -0.05) is 72.3 Å². The quantitative estimate of drug-likeness (QED) is 0.402. The Morgan fingerprint density at radius 3 is 2.23 bits per heavy atom. The zero-order valence-corrected chi connectivity index (χ0v) is 16.1. The number of hydrogen-bond donors (Lipinski definition) is 0. The second kappa shape index (κ2) is 9.22. The molecule has 0 N–H and O–H groups in total. The van der Waals surface area contributed by atoms with Crippen LogP contribution in [0.1, 0.15) is 29.7 Å². The zero-order valence-electron chi connectivity index (χ0n) is 14.5. The molecule has 0 aliphatic carbocycles. The van der Waals surface area contributed by atoms with Crippen LogP contribution in [0.3, 0.4) is 0 Å². The lowest BCUT2D eigenvalue weighted by molar-refractivity contribution is 0.0505. The topological polar surface area (TPSA) is 9.23 Å². The standard InChI is InChI=1S/C22H20ClFOS/c1-16(25-14-17-8-4-2-5-9-17)20-12-19(23)13-21(24)22(20)26-15-18-10-6-3-7-11-18/h2-13,16H,14-15H2,1H3. The summed E-state index contributed by atoms with van der Waals surface area (Å²) < 4.78 is 20.6. The summed E-state index contributed by atoms with van der Waals surface area (Å²) in [5.74, 6) is 0.390. The summed E-state index contributed by atoms with van der Waals surface area (Å²) >= 11 is 7.57. The van der Waals surface area contributed by atoms with Gasteiger partial charge in [-0.05, 0) is 35.7 Å². The van der Waals surface area contributed by atoms with Gasteiger partial charge in [0.2, 0.25) is 0 Å². The number of hydrogen-bond acceptors (Lipinski definition) is 2. The molecule has 0 fully saturated rings. The number of benzene rings is 3. The molecular formula is C22H20ClFOS. The van der Waals surface area contributed by atoms with E-state index in [9.17, 15) is 4.39 Å². The van der Waals surface area contributed by atoms with Crippen molar-refractivity contribution in [2.45, 2.75) is 30.3 Å². The van der Waals surface area contributed by atoms with E-state index in [1.807, 2.05) is 67.6 Å². The SMILES string of the molecule is CC(OCc1ccccc1)c1cc(Cl)cc(F)c1SCc1ccccc1. The van der Waals surface area contributed by atoms with Gasteiger partial charge in [-0.3, -0.25) is 0 Å². The highest BCUT2D eigenvalue weighted by molar-refractivity contribution is 7.98. The second-order valence-electron chi connectivity index (χ2n) is 6.02. The maximum absolute atomic E-state index is 14.6. The van der Waals surface area contributed by atoms with Crippen LogP contribution in [-0.2, 0) is 17.1 Å². The number of thioether (sulfide) groups is 1. The van der Waals surface area contributed by atoms with Crippen molar-refractivity contribution in [1.29, 1.82) is 0 Å². The lowest BCUT2D eigenvalue weighted by atomic mass is 10.1. The predicted octanol–water partition coefficient (Wildman–Crippen LogP) is 7.05. The van der Waals surface area contributed by atoms with Crippen molar-refractivity contribution in [2.24, 2.45) is 0 Å². The summed E-state index contributed by atoms with van der Waals surface area (Å²) in [6, 6.07) is 23.1. The van der Waals surface area contributed by atoms with E-state index in [0.29, 0.717) is 22.3 Å². The molecule has 1 atom stereocenters. The van der Waals surface area contributed by atoms with Gasteiger partial charge >= 0.3 is 0 Å². The molecule has 4 heteroatoms. The minimum atomic E-state index is -0.302. The fourth-order valence-corrected chi connectivity index (χ4v) is 3.95. The molecule has 0 bridgehead atoms. The molecule has 0 amide bonds. The summed E-state index contributed by atoms with van der Waals surface area (Å²) in [6.07, 6.45) is -0.262. The van der Waals surface area contributed by atoms with E-state index in [-0.39, 0.29) is 11.9 Å². The van der Waals surface area contributed by atoms with Crippen LogP contribution in [-0.4, -0.2) is 0 Å². The van der Waals surface area contributed by atoms with E-state index in [4.69, 9.17) is 16.3 Å². The smallest absolute Gasteiger partial charge is 0.138 e. The highest BCUT2D eigenvalue weighted by Crippen LogP contribution is 2.36. The van der Waals surface area contributed by atoms with Gasteiger partial charge in [0.05, 0.1) is 12.7 Å². The van der Waals surface area contributed by atoms with Gasteiger partial charge in [-0.15, -0.1) is 11.8 Å². The molecule has 0 aliphatic heterocycles. The molecule has 3 rings (SSSR count). The molecule has 0 saturated heterocycles. The first-order chi connectivity index (χ1) is 12.6. The van der Waals surface area contributed by atoms with Gasteiger partial charge in [-0.2, -0.15) is 0 Å². The largest absolute Gasteiger partial charge is 0.369 e. The Bertz CT molecular complexity index is 840. The summed E-state index contributed by atoms with van der Waals surface area (Å²) in [5.41, 5.74) is 3.02. The summed E-state index contributed by atoms with van der Waals surface area (Å²) in [6.45, 7) is 2.40. The van der Waals surface area contributed by atoms with E-state index in [2.05, 4.69) is 0 Å². The van der Waals surface area contributed by atoms with Crippen LogP contribution in [0.5, 0.6) is 0 Å². The van der Waals surface area contributed by atoms with Crippen molar-refractivity contribution >= 4 is 23.4 Å². The normalized spacial score (nSPS) is 12.1. The molecular weight excluding hydrogens is 367 g/mol. The Balaban J connectivity index is 1.76. The maximum Gasteiger partial charge on any atom is 0.138 e. The van der Waals surface area contributed by atoms with Gasteiger partial charge in [0.1, 0.15) is 5.82 Å². The maximum atomic E-state index is 14.6. The third-order valence-corrected chi connectivity index (χ3v) is 5.46. The number of halogens is 2. The Kier molecular flexibility index (Phi) is 6.73. The Morgan fingerprint density at radius 2 is 1.58 bits per heavy atom. The predicted molar refractivity (Wildman–Crippen MR) is 107 cm³/mol. The Hall–Kier alpha value is -1.81. The van der Waals surface area contributed by atoms with E-state index in [1.165, 1.54) is 17.8 Å². The Morgan fingerprint density at radius 1 is 0.962 bits per heavy atom. The van der Waals surface area contributed by atoms with Crippen molar-refractivity contribution in [3.63, 3.8) is 0 Å². The van der Waals surface area contributed by atoms with Crippen LogP contribution < -0.4 is 0 Å². The van der Waals surface area contributed by atoms with E-state index >= 15 is 0 Å². The third-order valence-electron chi connectivity index (χ3n) is 4.04. The molecule has 0 spiro atoms. The lowest BCUT2D eigenvalue weighted by Crippen LogP contribution is -2.04. The molecule has 1 nitrogen and oxygen atoms in total. The molecule has 3 aromatic rings. The van der Waals surface area contributed by atoms with Crippen LogP contribution >= 0.6 is 23.4 Å². The highest BCUT2D eigenvalue weighted by atomic mass is 35.5. The molecule has 0 aromatic heterocycles. The Labute approximate surface area is 163 Å². The fourth-order valence-electron chi connectivity index (χ4n) is 2.65. The molecule has 1 unspecified atom stereocenters. The van der Waals surface area contributed by atoms with Crippen LogP contribution in [0.25, 0.3) is 0 Å². The first-order valence-corrected chi connectivity index (χ1v) is 9.81. The minimum absolute atomic E-state index is 0.262. The monoisotopic (exact) mass is 386 g/mol. The molecule has 0 aliphatic rings. The van der Waals surface area contributed by atoms with Crippen molar-refractivity contribution in [3.05, 3.63) is 100 Å². The average Bonchev–Trinajstić information content (AvgIpc) is 2.66.